The van der Waals surface area contributed by atoms with Gasteiger partial charge in [0.1, 0.15) is 0 Å². The molecule has 2 aromatic carbocycles. The average Bonchev–Trinajstić information content (AvgIpc) is 2.72. The highest BCUT2D eigenvalue weighted by atomic mass is 16.5. The molecule has 7 nitrogen and oxygen atoms in total. The molecule has 0 aliphatic rings. The van der Waals surface area contributed by atoms with Crippen LogP contribution in [0.1, 0.15) is 12.5 Å². The van der Waals surface area contributed by atoms with Crippen molar-refractivity contribution in [1.29, 1.82) is 0 Å². The fourth-order valence-electron chi connectivity index (χ4n) is 2.57. The molecule has 1 N–H and O–H groups in total. The Kier molecular flexibility index (Phi) is 7.56. The van der Waals surface area contributed by atoms with Gasteiger partial charge in [-0.1, -0.05) is 0 Å². The maximum atomic E-state index is 12.3. The van der Waals surface area contributed by atoms with E-state index in [1.165, 1.54) is 27.4 Å². The summed E-state index contributed by atoms with van der Waals surface area (Å²) >= 11 is 0. The molecule has 0 aliphatic carbocycles. The SMILES string of the molecule is CCOc1ccc(NC(=O)/C=C/c2cc(OC)c(OC)c(OC)c2)cc1OC. The van der Waals surface area contributed by atoms with Crippen LogP contribution < -0.4 is 29.0 Å². The van der Waals surface area contributed by atoms with E-state index in [2.05, 4.69) is 5.32 Å². The highest BCUT2D eigenvalue weighted by Gasteiger charge is 2.12. The summed E-state index contributed by atoms with van der Waals surface area (Å²) in [5.74, 6) is 2.40. The van der Waals surface area contributed by atoms with E-state index in [9.17, 15) is 4.79 Å². The maximum absolute atomic E-state index is 12.3. The van der Waals surface area contributed by atoms with Gasteiger partial charge in [-0.25, -0.2) is 0 Å². The molecule has 0 radical (unpaired) electrons. The topological polar surface area (TPSA) is 75.3 Å². The third kappa shape index (κ3) is 5.09. The zero-order valence-electron chi connectivity index (χ0n) is 16.7. The summed E-state index contributed by atoms with van der Waals surface area (Å²) in [5, 5.41) is 2.79. The molecule has 0 fully saturated rings. The fraction of sp³-hybridized carbons (Fsp3) is 0.286. The van der Waals surface area contributed by atoms with Gasteiger partial charge in [0.2, 0.25) is 11.7 Å². The van der Waals surface area contributed by atoms with Crippen LogP contribution in [-0.4, -0.2) is 41.0 Å². The zero-order valence-corrected chi connectivity index (χ0v) is 16.7. The van der Waals surface area contributed by atoms with Gasteiger partial charge >= 0.3 is 0 Å². The van der Waals surface area contributed by atoms with Crippen molar-refractivity contribution in [3.8, 4) is 28.7 Å². The Bertz CT molecular complexity index is 822. The Morgan fingerprint density at radius 1 is 0.893 bits per heavy atom. The Morgan fingerprint density at radius 3 is 2.07 bits per heavy atom. The number of nitrogens with one attached hydrogen (secondary N) is 1. The van der Waals surface area contributed by atoms with Crippen molar-refractivity contribution in [2.45, 2.75) is 6.92 Å². The summed E-state index contributed by atoms with van der Waals surface area (Å²) in [6, 6.07) is 8.71. The predicted molar refractivity (Wildman–Crippen MR) is 108 cm³/mol. The lowest BCUT2D eigenvalue weighted by molar-refractivity contribution is -0.111. The first-order chi connectivity index (χ1) is 13.6. The van der Waals surface area contributed by atoms with Gasteiger partial charge < -0.3 is 29.0 Å². The average molecular weight is 387 g/mol. The van der Waals surface area contributed by atoms with Crippen LogP contribution in [0.2, 0.25) is 0 Å². The largest absolute Gasteiger partial charge is 0.493 e. The fourth-order valence-corrected chi connectivity index (χ4v) is 2.57. The van der Waals surface area contributed by atoms with Crippen molar-refractivity contribution in [3.05, 3.63) is 42.0 Å². The van der Waals surface area contributed by atoms with Crippen LogP contribution in [0, 0.1) is 0 Å². The molecule has 0 atom stereocenters. The van der Waals surface area contributed by atoms with Crippen molar-refractivity contribution >= 4 is 17.7 Å². The molecular formula is C21H25NO6. The van der Waals surface area contributed by atoms with Gasteiger partial charge in [0.05, 0.1) is 35.0 Å². The number of ether oxygens (including phenoxy) is 5. The molecule has 0 saturated carbocycles. The van der Waals surface area contributed by atoms with E-state index in [1.54, 1.807) is 43.5 Å². The molecule has 28 heavy (non-hydrogen) atoms. The maximum Gasteiger partial charge on any atom is 0.248 e. The van der Waals surface area contributed by atoms with Crippen LogP contribution in [0.25, 0.3) is 6.08 Å². The Labute approximate surface area is 164 Å². The summed E-state index contributed by atoms with van der Waals surface area (Å²) in [7, 11) is 6.16. The van der Waals surface area contributed by atoms with Gasteiger partial charge in [0, 0.05) is 17.8 Å². The summed E-state index contributed by atoms with van der Waals surface area (Å²) < 4.78 is 26.7. The van der Waals surface area contributed by atoms with E-state index in [1.807, 2.05) is 6.92 Å². The van der Waals surface area contributed by atoms with Crippen molar-refractivity contribution in [1.82, 2.24) is 0 Å². The highest BCUT2D eigenvalue weighted by molar-refractivity contribution is 6.02. The molecule has 0 aliphatic heterocycles. The molecular weight excluding hydrogens is 362 g/mol. The predicted octanol–water partition coefficient (Wildman–Crippen LogP) is 3.77. The van der Waals surface area contributed by atoms with Gasteiger partial charge in [-0.3, -0.25) is 4.79 Å². The minimum Gasteiger partial charge on any atom is -0.493 e. The molecule has 2 aromatic rings. The molecule has 0 aromatic heterocycles. The van der Waals surface area contributed by atoms with Crippen LogP contribution in [0.3, 0.4) is 0 Å². The lowest BCUT2D eigenvalue weighted by Crippen LogP contribution is -2.08. The van der Waals surface area contributed by atoms with Crippen molar-refractivity contribution in [2.24, 2.45) is 0 Å². The monoisotopic (exact) mass is 387 g/mol. The van der Waals surface area contributed by atoms with Gasteiger partial charge in [-0.2, -0.15) is 0 Å². The number of benzene rings is 2. The van der Waals surface area contributed by atoms with Crippen molar-refractivity contribution in [2.75, 3.05) is 40.4 Å². The molecule has 0 saturated heterocycles. The van der Waals surface area contributed by atoms with Gasteiger partial charge in [-0.05, 0) is 42.8 Å². The summed E-state index contributed by atoms with van der Waals surface area (Å²) in [6.07, 6.45) is 3.08. The van der Waals surface area contributed by atoms with E-state index in [4.69, 9.17) is 23.7 Å². The second-order valence-corrected chi connectivity index (χ2v) is 5.58. The molecule has 7 heteroatoms. The minimum absolute atomic E-state index is 0.292. The highest BCUT2D eigenvalue weighted by Crippen LogP contribution is 2.38. The molecule has 150 valence electrons. The number of methoxy groups -OCH3 is 4. The molecule has 0 spiro atoms. The first-order valence-corrected chi connectivity index (χ1v) is 8.66. The van der Waals surface area contributed by atoms with Gasteiger partial charge in [-0.15, -0.1) is 0 Å². The summed E-state index contributed by atoms with van der Waals surface area (Å²) in [6.45, 7) is 2.42. The van der Waals surface area contributed by atoms with Gasteiger partial charge in [0.25, 0.3) is 0 Å². The van der Waals surface area contributed by atoms with E-state index in [0.717, 1.165) is 5.56 Å². The van der Waals surface area contributed by atoms with Crippen LogP contribution in [0.5, 0.6) is 28.7 Å². The molecule has 1 amide bonds. The lowest BCUT2D eigenvalue weighted by atomic mass is 10.1. The molecule has 2 rings (SSSR count). The first kappa shape index (κ1) is 21.0. The molecule has 0 unspecified atom stereocenters. The quantitative estimate of drug-likeness (QED) is 0.660. The first-order valence-electron chi connectivity index (χ1n) is 8.66. The Balaban J connectivity index is 2.16. The second-order valence-electron chi connectivity index (χ2n) is 5.58. The number of hydrogen-bond donors (Lipinski definition) is 1. The number of carbonyl (C=O) groups excluding carboxylic acids is 1. The number of carbonyl (C=O) groups is 1. The summed E-state index contributed by atoms with van der Waals surface area (Å²) in [5.41, 5.74) is 1.33. The summed E-state index contributed by atoms with van der Waals surface area (Å²) in [4.78, 5) is 12.3. The number of amides is 1. The van der Waals surface area contributed by atoms with Crippen LogP contribution in [0.15, 0.2) is 36.4 Å². The third-order valence-electron chi connectivity index (χ3n) is 3.85. The smallest absolute Gasteiger partial charge is 0.248 e. The van der Waals surface area contributed by atoms with Crippen LogP contribution in [0.4, 0.5) is 5.69 Å². The third-order valence-corrected chi connectivity index (χ3v) is 3.85. The van der Waals surface area contributed by atoms with Crippen LogP contribution >= 0.6 is 0 Å². The number of hydrogen-bond acceptors (Lipinski definition) is 6. The number of rotatable bonds is 9. The molecule has 0 heterocycles. The van der Waals surface area contributed by atoms with Crippen molar-refractivity contribution in [3.63, 3.8) is 0 Å². The minimum atomic E-state index is -0.292. The van der Waals surface area contributed by atoms with E-state index >= 15 is 0 Å². The van der Waals surface area contributed by atoms with Crippen LogP contribution in [-0.2, 0) is 4.79 Å². The Morgan fingerprint density at radius 2 is 1.54 bits per heavy atom. The van der Waals surface area contributed by atoms with E-state index < -0.39 is 0 Å². The normalized spacial score (nSPS) is 10.5. The number of anilines is 1. The standard InChI is InChI=1S/C21H25NO6/c1-6-28-16-9-8-15(13-17(16)24-2)22-20(23)10-7-14-11-18(25-3)21(27-5)19(12-14)26-4/h7-13H,6H2,1-5H3,(H,22,23)/b10-7+. The van der Waals surface area contributed by atoms with Crippen molar-refractivity contribution < 1.29 is 28.5 Å². The van der Waals surface area contributed by atoms with E-state index in [-0.39, 0.29) is 5.91 Å². The molecule has 0 bridgehead atoms. The Hall–Kier alpha value is -3.35. The second kappa shape index (κ2) is 10.1. The van der Waals surface area contributed by atoms with Gasteiger partial charge in [0.15, 0.2) is 23.0 Å². The lowest BCUT2D eigenvalue weighted by Gasteiger charge is -2.13. The zero-order chi connectivity index (χ0) is 20.5. The van der Waals surface area contributed by atoms with E-state index in [0.29, 0.717) is 41.0 Å².